The van der Waals surface area contributed by atoms with Crippen molar-refractivity contribution in [3.63, 3.8) is 0 Å². The first-order valence-corrected chi connectivity index (χ1v) is 6.64. The van der Waals surface area contributed by atoms with Gasteiger partial charge in [0.15, 0.2) is 0 Å². The molecule has 0 fully saturated rings. The Hall–Kier alpha value is -2.36. The summed E-state index contributed by atoms with van der Waals surface area (Å²) in [7, 11) is 0. The largest absolute Gasteiger partial charge is 0.477 e. The molecule has 102 valence electrons. The van der Waals surface area contributed by atoms with E-state index in [0.29, 0.717) is 5.75 Å². The molecule has 0 saturated carbocycles. The summed E-state index contributed by atoms with van der Waals surface area (Å²) in [5.41, 5.74) is 3.17. The van der Waals surface area contributed by atoms with Crippen molar-refractivity contribution in [2.24, 2.45) is 0 Å². The predicted molar refractivity (Wildman–Crippen MR) is 74.5 cm³/mol. The minimum absolute atomic E-state index is 0.132. The fourth-order valence-electron chi connectivity index (χ4n) is 2.47. The third-order valence-electron chi connectivity index (χ3n) is 3.45. The lowest BCUT2D eigenvalue weighted by molar-refractivity contribution is 0.0693. The highest BCUT2D eigenvalue weighted by Gasteiger charge is 2.21. The molecular weight excluding hydrogens is 254 g/mol. The topological polar surface area (TPSA) is 59.4 Å². The molecule has 1 aliphatic rings. The van der Waals surface area contributed by atoms with E-state index in [-0.39, 0.29) is 11.4 Å². The second kappa shape index (κ2) is 4.96. The monoisotopic (exact) mass is 269 g/mol. The molecule has 1 N–H and O–H groups in total. The zero-order valence-corrected chi connectivity index (χ0v) is 11.2. The number of aromatic carboxylic acids is 1. The third-order valence-corrected chi connectivity index (χ3v) is 3.45. The highest BCUT2D eigenvalue weighted by molar-refractivity contribution is 5.90. The third kappa shape index (κ3) is 2.37. The minimum atomic E-state index is -1.00. The van der Waals surface area contributed by atoms with Gasteiger partial charge < -0.3 is 9.84 Å². The first-order valence-electron chi connectivity index (χ1n) is 6.64. The number of carboxylic acids is 1. The molecule has 4 heteroatoms. The Kier molecular flexibility index (Phi) is 3.14. The summed E-state index contributed by atoms with van der Waals surface area (Å²) in [6, 6.07) is 9.19. The van der Waals surface area contributed by atoms with Crippen molar-refractivity contribution in [1.82, 2.24) is 4.98 Å². The van der Waals surface area contributed by atoms with Crippen LogP contribution in [0.1, 0.15) is 33.6 Å². The summed E-state index contributed by atoms with van der Waals surface area (Å²) in [6.45, 7) is 1.96. The molecule has 1 aliphatic carbocycles. The molecule has 0 saturated heterocycles. The first kappa shape index (κ1) is 12.7. The van der Waals surface area contributed by atoms with Crippen LogP contribution in [0.5, 0.6) is 11.6 Å². The lowest BCUT2D eigenvalue weighted by Gasteiger charge is -2.10. The molecule has 0 unspecified atom stereocenters. The number of benzene rings is 1. The summed E-state index contributed by atoms with van der Waals surface area (Å²) in [6.07, 6.45) is 2.81. The molecule has 1 heterocycles. The summed E-state index contributed by atoms with van der Waals surface area (Å²) >= 11 is 0. The van der Waals surface area contributed by atoms with E-state index in [9.17, 15) is 9.90 Å². The number of ether oxygens (including phenoxy) is 1. The number of aryl methyl sites for hydroxylation is 3. The molecule has 1 aromatic carbocycles. The Morgan fingerprint density at radius 1 is 1.30 bits per heavy atom. The van der Waals surface area contributed by atoms with E-state index in [4.69, 9.17) is 4.74 Å². The van der Waals surface area contributed by atoms with Crippen molar-refractivity contribution >= 4 is 5.97 Å². The van der Waals surface area contributed by atoms with Gasteiger partial charge in [0.25, 0.3) is 0 Å². The molecule has 0 aliphatic heterocycles. The van der Waals surface area contributed by atoms with E-state index < -0.39 is 5.97 Å². The van der Waals surface area contributed by atoms with Crippen molar-refractivity contribution in [3.8, 4) is 11.6 Å². The van der Waals surface area contributed by atoms with Crippen molar-refractivity contribution in [2.45, 2.75) is 26.2 Å². The van der Waals surface area contributed by atoms with Crippen LogP contribution in [0.25, 0.3) is 0 Å². The Morgan fingerprint density at radius 2 is 2.15 bits per heavy atom. The van der Waals surface area contributed by atoms with Crippen LogP contribution in [-0.2, 0) is 12.8 Å². The Morgan fingerprint density at radius 3 is 2.90 bits per heavy atom. The Balaban J connectivity index is 2.01. The Bertz CT molecular complexity index is 679. The standard InChI is InChI=1S/C16H15NO3/c1-10-4-2-6-12(8-10)20-15-13(16(18)19)9-11-5-3-7-14(11)17-15/h2,4,6,8-9H,3,5,7H2,1H3,(H,18,19). The average Bonchev–Trinajstić information content (AvgIpc) is 2.84. The zero-order valence-electron chi connectivity index (χ0n) is 11.2. The minimum Gasteiger partial charge on any atom is -0.477 e. The van der Waals surface area contributed by atoms with Gasteiger partial charge in [-0.15, -0.1) is 0 Å². The van der Waals surface area contributed by atoms with Crippen LogP contribution in [0.3, 0.4) is 0 Å². The van der Waals surface area contributed by atoms with Crippen molar-refractivity contribution in [2.75, 3.05) is 0 Å². The number of nitrogens with zero attached hydrogens (tertiary/aromatic N) is 1. The number of hydrogen-bond donors (Lipinski definition) is 1. The summed E-state index contributed by atoms with van der Waals surface area (Å²) in [5, 5.41) is 9.31. The number of hydrogen-bond acceptors (Lipinski definition) is 3. The quantitative estimate of drug-likeness (QED) is 0.928. The fraction of sp³-hybridized carbons (Fsp3) is 0.250. The predicted octanol–water partition coefficient (Wildman–Crippen LogP) is 3.37. The van der Waals surface area contributed by atoms with Gasteiger partial charge in [-0.05, 0) is 55.5 Å². The molecule has 1 aromatic heterocycles. The van der Waals surface area contributed by atoms with Crippen LogP contribution < -0.4 is 4.74 Å². The molecule has 4 nitrogen and oxygen atoms in total. The zero-order chi connectivity index (χ0) is 14.1. The van der Waals surface area contributed by atoms with Crippen LogP contribution in [0.2, 0.25) is 0 Å². The molecular formula is C16H15NO3. The van der Waals surface area contributed by atoms with Crippen LogP contribution in [0, 0.1) is 6.92 Å². The smallest absolute Gasteiger partial charge is 0.341 e. The average molecular weight is 269 g/mol. The van der Waals surface area contributed by atoms with Crippen molar-refractivity contribution in [1.29, 1.82) is 0 Å². The number of aromatic nitrogens is 1. The summed E-state index contributed by atoms with van der Waals surface area (Å²) in [4.78, 5) is 15.8. The first-order chi connectivity index (χ1) is 9.63. The van der Waals surface area contributed by atoms with Gasteiger partial charge in [0.2, 0.25) is 5.88 Å². The second-order valence-electron chi connectivity index (χ2n) is 5.02. The summed E-state index contributed by atoms with van der Waals surface area (Å²) < 4.78 is 5.68. The fourth-order valence-corrected chi connectivity index (χ4v) is 2.47. The molecule has 0 bridgehead atoms. The van der Waals surface area contributed by atoms with Gasteiger partial charge in [-0.3, -0.25) is 0 Å². The number of rotatable bonds is 3. The van der Waals surface area contributed by atoms with E-state index in [2.05, 4.69) is 4.98 Å². The number of carbonyl (C=O) groups is 1. The van der Waals surface area contributed by atoms with Crippen molar-refractivity contribution < 1.29 is 14.6 Å². The molecule has 0 atom stereocenters. The van der Waals surface area contributed by atoms with E-state index in [0.717, 1.165) is 36.1 Å². The molecule has 0 amide bonds. The number of pyridine rings is 1. The Labute approximate surface area is 117 Å². The summed E-state index contributed by atoms with van der Waals surface area (Å²) in [5.74, 6) is -0.212. The van der Waals surface area contributed by atoms with Gasteiger partial charge in [0, 0.05) is 5.69 Å². The number of carboxylic acid groups (broad SMARTS) is 1. The second-order valence-corrected chi connectivity index (χ2v) is 5.02. The van der Waals surface area contributed by atoms with Gasteiger partial charge >= 0.3 is 5.97 Å². The van der Waals surface area contributed by atoms with E-state index >= 15 is 0 Å². The van der Waals surface area contributed by atoms with E-state index in [1.807, 2.05) is 25.1 Å². The van der Waals surface area contributed by atoms with E-state index in [1.165, 1.54) is 0 Å². The van der Waals surface area contributed by atoms with Crippen LogP contribution in [0.15, 0.2) is 30.3 Å². The van der Waals surface area contributed by atoms with E-state index in [1.54, 1.807) is 12.1 Å². The molecule has 20 heavy (non-hydrogen) atoms. The van der Waals surface area contributed by atoms with Gasteiger partial charge in [-0.1, -0.05) is 12.1 Å². The maximum absolute atomic E-state index is 11.4. The molecule has 0 radical (unpaired) electrons. The van der Waals surface area contributed by atoms with Crippen LogP contribution >= 0.6 is 0 Å². The molecule has 2 aromatic rings. The van der Waals surface area contributed by atoms with Gasteiger partial charge in [0.1, 0.15) is 11.3 Å². The maximum atomic E-state index is 11.4. The maximum Gasteiger partial charge on any atom is 0.341 e. The highest BCUT2D eigenvalue weighted by Crippen LogP contribution is 2.29. The lowest BCUT2D eigenvalue weighted by atomic mass is 10.1. The van der Waals surface area contributed by atoms with Crippen molar-refractivity contribution in [3.05, 3.63) is 52.7 Å². The number of fused-ring (bicyclic) bond motifs is 1. The van der Waals surface area contributed by atoms with Crippen LogP contribution in [0.4, 0.5) is 0 Å². The lowest BCUT2D eigenvalue weighted by Crippen LogP contribution is -2.05. The normalized spacial score (nSPS) is 13.1. The molecule has 0 spiro atoms. The molecule has 3 rings (SSSR count). The van der Waals surface area contributed by atoms with Crippen LogP contribution in [-0.4, -0.2) is 16.1 Å². The highest BCUT2D eigenvalue weighted by atomic mass is 16.5. The van der Waals surface area contributed by atoms with Gasteiger partial charge in [0.05, 0.1) is 0 Å². The SMILES string of the molecule is Cc1cccc(Oc2nc3c(cc2C(=O)O)CCC3)c1. The van der Waals surface area contributed by atoms with Gasteiger partial charge in [-0.2, -0.15) is 0 Å². The van der Waals surface area contributed by atoms with Gasteiger partial charge in [-0.25, -0.2) is 9.78 Å².